The van der Waals surface area contributed by atoms with Crippen LogP contribution in [0.15, 0.2) is 60.9 Å². The quantitative estimate of drug-likeness (QED) is 0.414. The van der Waals surface area contributed by atoms with E-state index in [4.69, 9.17) is 14.5 Å². The van der Waals surface area contributed by atoms with Crippen LogP contribution in [0.2, 0.25) is 0 Å². The highest BCUT2D eigenvalue weighted by Crippen LogP contribution is 2.37. The third kappa shape index (κ3) is 4.67. The molecular formula is C24H23N3O3S. The van der Waals surface area contributed by atoms with E-state index in [0.717, 1.165) is 26.9 Å². The molecule has 4 rings (SSSR count). The maximum atomic E-state index is 13.2. The Labute approximate surface area is 185 Å². The van der Waals surface area contributed by atoms with Crippen LogP contribution in [0.25, 0.3) is 10.2 Å². The Morgan fingerprint density at radius 1 is 1.10 bits per heavy atom. The number of hydrogen-bond donors (Lipinski definition) is 0. The van der Waals surface area contributed by atoms with Gasteiger partial charge >= 0.3 is 0 Å². The van der Waals surface area contributed by atoms with Crippen LogP contribution >= 0.6 is 11.3 Å². The molecular weight excluding hydrogens is 410 g/mol. The number of carbonyl (C=O) groups is 1. The van der Waals surface area contributed by atoms with E-state index in [1.165, 1.54) is 11.3 Å². The first-order valence-corrected chi connectivity index (χ1v) is 10.7. The summed E-state index contributed by atoms with van der Waals surface area (Å²) in [4.78, 5) is 23.8. The Kier molecular flexibility index (Phi) is 6.13. The molecule has 0 aliphatic rings. The van der Waals surface area contributed by atoms with E-state index in [1.54, 1.807) is 24.4 Å². The number of rotatable bonds is 7. The number of thiazole rings is 1. The first-order valence-electron chi connectivity index (χ1n) is 9.88. The minimum atomic E-state index is -0.180. The molecule has 0 aliphatic carbocycles. The molecule has 2 aromatic carbocycles. The molecule has 0 aliphatic heterocycles. The van der Waals surface area contributed by atoms with Gasteiger partial charge in [-0.1, -0.05) is 41.2 Å². The number of carbonyl (C=O) groups excluding carboxylic acids is 1. The van der Waals surface area contributed by atoms with E-state index in [-0.39, 0.29) is 12.5 Å². The van der Waals surface area contributed by atoms with E-state index in [9.17, 15) is 4.79 Å². The first-order chi connectivity index (χ1) is 15.0. The number of hydrogen-bond acceptors (Lipinski definition) is 6. The van der Waals surface area contributed by atoms with Crippen LogP contribution in [0.1, 0.15) is 16.7 Å². The van der Waals surface area contributed by atoms with Gasteiger partial charge < -0.3 is 9.47 Å². The summed E-state index contributed by atoms with van der Waals surface area (Å²) in [6.45, 7) is 4.30. The second kappa shape index (κ2) is 9.14. The van der Waals surface area contributed by atoms with Gasteiger partial charge in [-0.05, 0) is 49.2 Å². The van der Waals surface area contributed by atoms with E-state index in [2.05, 4.69) is 4.98 Å². The second-order valence-corrected chi connectivity index (χ2v) is 8.18. The largest absolute Gasteiger partial charge is 0.494 e. The molecule has 0 saturated heterocycles. The topological polar surface area (TPSA) is 64.5 Å². The Hall–Kier alpha value is -3.45. The van der Waals surface area contributed by atoms with Crippen LogP contribution in [-0.4, -0.2) is 29.6 Å². The average Bonchev–Trinajstić information content (AvgIpc) is 3.24. The zero-order valence-electron chi connectivity index (χ0n) is 17.7. The smallest absolute Gasteiger partial charge is 0.267 e. The lowest BCUT2D eigenvalue weighted by Crippen LogP contribution is -2.34. The lowest BCUT2D eigenvalue weighted by molar-refractivity contribution is -0.120. The van der Waals surface area contributed by atoms with Crippen molar-refractivity contribution in [3.8, 4) is 11.5 Å². The Bertz CT molecular complexity index is 1190. The molecule has 0 atom stereocenters. The van der Waals surface area contributed by atoms with Gasteiger partial charge in [0.15, 0.2) is 11.7 Å². The van der Waals surface area contributed by atoms with Crippen LogP contribution in [-0.2, 0) is 11.3 Å². The minimum absolute atomic E-state index is 0.0879. The maximum absolute atomic E-state index is 13.2. The third-order valence-corrected chi connectivity index (χ3v) is 6.10. The van der Waals surface area contributed by atoms with Gasteiger partial charge in [0.1, 0.15) is 17.0 Å². The number of methoxy groups -OCH3 is 1. The predicted octanol–water partition coefficient (Wildman–Crippen LogP) is 4.93. The van der Waals surface area contributed by atoms with E-state index < -0.39 is 0 Å². The average molecular weight is 434 g/mol. The van der Waals surface area contributed by atoms with E-state index >= 15 is 0 Å². The SMILES string of the molecule is COc1ccc(C)c2sc(N(Cc3cccnc3)C(=O)COc3ccc(C)cc3)nc12. The molecule has 0 N–H and O–H groups in total. The zero-order chi connectivity index (χ0) is 21.8. The number of ether oxygens (including phenoxy) is 2. The fourth-order valence-corrected chi connectivity index (χ4v) is 4.24. The van der Waals surface area contributed by atoms with Crippen LogP contribution in [0.3, 0.4) is 0 Å². The molecule has 6 nitrogen and oxygen atoms in total. The van der Waals surface area contributed by atoms with Gasteiger partial charge in [0.2, 0.25) is 0 Å². The molecule has 7 heteroatoms. The van der Waals surface area contributed by atoms with Crippen LogP contribution in [0.4, 0.5) is 5.13 Å². The maximum Gasteiger partial charge on any atom is 0.267 e. The Morgan fingerprint density at radius 2 is 1.90 bits per heavy atom. The molecule has 2 heterocycles. The van der Waals surface area contributed by atoms with Crippen molar-refractivity contribution in [2.45, 2.75) is 20.4 Å². The van der Waals surface area contributed by atoms with Crippen molar-refractivity contribution in [1.82, 2.24) is 9.97 Å². The summed E-state index contributed by atoms with van der Waals surface area (Å²) in [6, 6.07) is 15.3. The van der Waals surface area contributed by atoms with E-state index in [0.29, 0.717) is 23.2 Å². The van der Waals surface area contributed by atoms with Crippen molar-refractivity contribution in [3.05, 3.63) is 77.6 Å². The van der Waals surface area contributed by atoms with Crippen LogP contribution in [0.5, 0.6) is 11.5 Å². The van der Waals surface area contributed by atoms with Gasteiger partial charge in [0, 0.05) is 12.4 Å². The van der Waals surface area contributed by atoms with Crippen molar-refractivity contribution >= 4 is 32.6 Å². The van der Waals surface area contributed by atoms with Crippen LogP contribution < -0.4 is 14.4 Å². The molecule has 31 heavy (non-hydrogen) atoms. The van der Waals surface area contributed by atoms with Gasteiger partial charge in [-0.25, -0.2) is 4.98 Å². The molecule has 1 amide bonds. The molecule has 0 saturated carbocycles. The highest BCUT2D eigenvalue weighted by Gasteiger charge is 2.22. The van der Waals surface area contributed by atoms with Crippen molar-refractivity contribution in [2.24, 2.45) is 0 Å². The van der Waals surface area contributed by atoms with Crippen LogP contribution in [0, 0.1) is 13.8 Å². The summed E-state index contributed by atoms with van der Waals surface area (Å²) in [5.41, 5.74) is 3.89. The van der Waals surface area contributed by atoms with Crippen molar-refractivity contribution in [2.75, 3.05) is 18.6 Å². The number of benzene rings is 2. The summed E-state index contributed by atoms with van der Waals surface area (Å²) < 4.78 is 12.2. The van der Waals surface area contributed by atoms with Gasteiger partial charge in [-0.15, -0.1) is 0 Å². The summed E-state index contributed by atoms with van der Waals surface area (Å²) >= 11 is 1.47. The van der Waals surface area contributed by atoms with Gasteiger partial charge in [0.05, 0.1) is 18.4 Å². The lowest BCUT2D eigenvalue weighted by Gasteiger charge is -2.20. The number of aromatic nitrogens is 2. The summed E-state index contributed by atoms with van der Waals surface area (Å²) in [6.07, 6.45) is 3.46. The van der Waals surface area contributed by atoms with Gasteiger partial charge in [0.25, 0.3) is 5.91 Å². The van der Waals surface area contributed by atoms with Crippen molar-refractivity contribution in [3.63, 3.8) is 0 Å². The molecule has 0 unspecified atom stereocenters. The van der Waals surface area contributed by atoms with Gasteiger partial charge in [-0.3, -0.25) is 14.7 Å². The normalized spacial score (nSPS) is 10.8. The second-order valence-electron chi connectivity index (χ2n) is 7.20. The highest BCUT2D eigenvalue weighted by molar-refractivity contribution is 7.22. The third-order valence-electron chi connectivity index (χ3n) is 4.89. The van der Waals surface area contributed by atoms with E-state index in [1.807, 2.05) is 62.4 Å². The summed E-state index contributed by atoms with van der Waals surface area (Å²) in [5, 5.41) is 0.601. The number of anilines is 1. The lowest BCUT2D eigenvalue weighted by atomic mass is 10.2. The molecule has 0 bridgehead atoms. The molecule has 2 aromatic heterocycles. The number of fused-ring (bicyclic) bond motifs is 1. The zero-order valence-corrected chi connectivity index (χ0v) is 18.5. The van der Waals surface area contributed by atoms with Crippen molar-refractivity contribution < 1.29 is 14.3 Å². The highest BCUT2D eigenvalue weighted by atomic mass is 32.1. The summed E-state index contributed by atoms with van der Waals surface area (Å²) in [7, 11) is 1.62. The molecule has 4 aromatic rings. The number of pyridine rings is 1. The first kappa shape index (κ1) is 20.8. The predicted molar refractivity (Wildman–Crippen MR) is 123 cm³/mol. The fourth-order valence-electron chi connectivity index (χ4n) is 3.17. The molecule has 0 fully saturated rings. The number of aryl methyl sites for hydroxylation is 2. The fraction of sp³-hybridized carbons (Fsp3) is 0.208. The minimum Gasteiger partial charge on any atom is -0.494 e. The number of amides is 1. The summed E-state index contributed by atoms with van der Waals surface area (Å²) in [5.74, 6) is 1.16. The monoisotopic (exact) mass is 433 g/mol. The standard InChI is InChI=1S/C24H23N3O3S/c1-16-6-9-19(10-7-16)30-15-21(28)27(14-18-5-4-12-25-13-18)24-26-22-20(29-3)11-8-17(2)23(22)31-24/h4-13H,14-15H2,1-3H3. The Balaban J connectivity index is 1.65. The Morgan fingerprint density at radius 3 is 2.61 bits per heavy atom. The molecule has 0 radical (unpaired) electrons. The number of nitrogens with zero attached hydrogens (tertiary/aromatic N) is 3. The van der Waals surface area contributed by atoms with Gasteiger partial charge in [-0.2, -0.15) is 0 Å². The molecule has 158 valence electrons. The molecule has 0 spiro atoms. The van der Waals surface area contributed by atoms with Crippen molar-refractivity contribution in [1.29, 1.82) is 0 Å².